The summed E-state index contributed by atoms with van der Waals surface area (Å²) in [5.41, 5.74) is 1.59. The van der Waals surface area contributed by atoms with Gasteiger partial charge in [0.2, 0.25) is 0 Å². The number of carboxylic acid groups (broad SMARTS) is 1. The number of hydrogen-bond acceptors (Lipinski definition) is 5. The van der Waals surface area contributed by atoms with E-state index in [-0.39, 0.29) is 23.0 Å². The van der Waals surface area contributed by atoms with Crippen molar-refractivity contribution in [3.8, 4) is 23.0 Å². The normalized spacial score (nSPS) is 11.0. The summed E-state index contributed by atoms with van der Waals surface area (Å²) in [6, 6.07) is 7.19. The molecule has 120 valence electrons. The van der Waals surface area contributed by atoms with Gasteiger partial charge in [-0.2, -0.15) is 0 Å². The third-order valence-corrected chi connectivity index (χ3v) is 3.41. The molecule has 23 heavy (non-hydrogen) atoms. The summed E-state index contributed by atoms with van der Waals surface area (Å²) in [6.45, 7) is 0. The number of phenols is 4. The summed E-state index contributed by atoms with van der Waals surface area (Å²) in [5, 5.41) is 47.1. The van der Waals surface area contributed by atoms with Crippen LogP contribution in [0.25, 0.3) is 6.08 Å². The second-order valence-electron chi connectivity index (χ2n) is 5.00. The van der Waals surface area contributed by atoms with Gasteiger partial charge in [0.05, 0.1) is 0 Å². The molecule has 0 heterocycles. The first-order chi connectivity index (χ1) is 10.9. The van der Waals surface area contributed by atoms with E-state index >= 15 is 0 Å². The minimum atomic E-state index is -1.12. The maximum atomic E-state index is 10.6. The molecule has 0 saturated heterocycles. The SMILES string of the molecule is O=C(O)/C=C/c1ccc(O)c(O)c1CCc1ccc(O)c(O)c1. The molecule has 0 aliphatic carbocycles. The van der Waals surface area contributed by atoms with Gasteiger partial charge in [-0.25, -0.2) is 4.79 Å². The summed E-state index contributed by atoms with van der Waals surface area (Å²) in [7, 11) is 0. The summed E-state index contributed by atoms with van der Waals surface area (Å²) in [4.78, 5) is 10.6. The highest BCUT2D eigenvalue weighted by molar-refractivity contribution is 5.86. The van der Waals surface area contributed by atoms with Gasteiger partial charge >= 0.3 is 5.97 Å². The van der Waals surface area contributed by atoms with E-state index in [1.807, 2.05) is 0 Å². The van der Waals surface area contributed by atoms with Gasteiger partial charge in [0.1, 0.15) is 0 Å². The molecule has 0 bridgehead atoms. The number of benzene rings is 2. The molecule has 0 aromatic heterocycles. The van der Waals surface area contributed by atoms with Crippen molar-refractivity contribution in [2.75, 3.05) is 0 Å². The van der Waals surface area contributed by atoms with Crippen molar-refractivity contribution < 1.29 is 30.3 Å². The Balaban J connectivity index is 2.28. The maximum absolute atomic E-state index is 10.6. The van der Waals surface area contributed by atoms with E-state index in [9.17, 15) is 25.2 Å². The van der Waals surface area contributed by atoms with Crippen LogP contribution in [0, 0.1) is 0 Å². The zero-order valence-corrected chi connectivity index (χ0v) is 12.1. The van der Waals surface area contributed by atoms with Crippen LogP contribution in [0.4, 0.5) is 0 Å². The number of rotatable bonds is 5. The van der Waals surface area contributed by atoms with E-state index in [0.717, 1.165) is 11.6 Å². The molecule has 0 atom stereocenters. The Kier molecular flexibility index (Phi) is 4.75. The molecule has 0 saturated carbocycles. The molecule has 6 heteroatoms. The molecule has 2 aromatic carbocycles. The zero-order chi connectivity index (χ0) is 17.0. The lowest BCUT2D eigenvalue weighted by Gasteiger charge is -2.11. The fraction of sp³-hybridized carbons (Fsp3) is 0.118. The van der Waals surface area contributed by atoms with Gasteiger partial charge < -0.3 is 25.5 Å². The minimum absolute atomic E-state index is 0.223. The second-order valence-corrected chi connectivity index (χ2v) is 5.00. The van der Waals surface area contributed by atoms with Gasteiger partial charge in [-0.05, 0) is 48.2 Å². The number of hydrogen-bond donors (Lipinski definition) is 5. The first-order valence-electron chi connectivity index (χ1n) is 6.84. The zero-order valence-electron chi connectivity index (χ0n) is 12.1. The molecule has 2 aromatic rings. The van der Waals surface area contributed by atoms with Crippen LogP contribution in [-0.4, -0.2) is 31.5 Å². The van der Waals surface area contributed by atoms with E-state index in [1.165, 1.54) is 30.3 Å². The van der Waals surface area contributed by atoms with Crippen molar-refractivity contribution in [3.63, 3.8) is 0 Å². The largest absolute Gasteiger partial charge is 0.504 e. The van der Waals surface area contributed by atoms with Crippen LogP contribution < -0.4 is 0 Å². The molecular formula is C17H16O6. The Morgan fingerprint density at radius 2 is 1.61 bits per heavy atom. The van der Waals surface area contributed by atoms with E-state index in [1.54, 1.807) is 6.07 Å². The minimum Gasteiger partial charge on any atom is -0.504 e. The number of phenolic OH excluding ortho intramolecular Hbond substituents is 4. The van der Waals surface area contributed by atoms with Gasteiger partial charge in [0.25, 0.3) is 0 Å². The predicted molar refractivity (Wildman–Crippen MR) is 83.6 cm³/mol. The lowest BCUT2D eigenvalue weighted by atomic mass is 9.97. The Morgan fingerprint density at radius 1 is 0.913 bits per heavy atom. The van der Waals surface area contributed by atoms with Crippen LogP contribution in [0.5, 0.6) is 23.0 Å². The van der Waals surface area contributed by atoms with Gasteiger partial charge in [0.15, 0.2) is 23.0 Å². The molecule has 0 aliphatic rings. The average Bonchev–Trinajstić information content (AvgIpc) is 2.50. The Labute approximate surface area is 132 Å². The first-order valence-corrected chi connectivity index (χ1v) is 6.84. The van der Waals surface area contributed by atoms with E-state index < -0.39 is 5.97 Å². The average molecular weight is 316 g/mol. The third kappa shape index (κ3) is 3.94. The Morgan fingerprint density at radius 3 is 2.26 bits per heavy atom. The number of aryl methyl sites for hydroxylation is 1. The molecule has 0 fully saturated rings. The maximum Gasteiger partial charge on any atom is 0.328 e. The monoisotopic (exact) mass is 316 g/mol. The molecule has 0 amide bonds. The van der Waals surface area contributed by atoms with Crippen LogP contribution in [0.15, 0.2) is 36.4 Å². The van der Waals surface area contributed by atoms with Crippen LogP contribution in [0.2, 0.25) is 0 Å². The van der Waals surface area contributed by atoms with Crippen molar-refractivity contribution in [2.45, 2.75) is 12.8 Å². The molecule has 0 aliphatic heterocycles. The molecule has 0 unspecified atom stereocenters. The first kappa shape index (κ1) is 16.2. The highest BCUT2D eigenvalue weighted by Gasteiger charge is 2.12. The summed E-state index contributed by atoms with van der Waals surface area (Å²) >= 11 is 0. The third-order valence-electron chi connectivity index (χ3n) is 3.41. The van der Waals surface area contributed by atoms with Crippen LogP contribution in [0.3, 0.4) is 0 Å². The smallest absolute Gasteiger partial charge is 0.328 e. The van der Waals surface area contributed by atoms with Crippen LogP contribution in [0.1, 0.15) is 16.7 Å². The van der Waals surface area contributed by atoms with Crippen molar-refractivity contribution in [1.82, 2.24) is 0 Å². The number of carbonyl (C=O) groups is 1. The van der Waals surface area contributed by atoms with Crippen molar-refractivity contribution >= 4 is 12.0 Å². The molecular weight excluding hydrogens is 300 g/mol. The Bertz CT molecular complexity index is 764. The highest BCUT2D eigenvalue weighted by Crippen LogP contribution is 2.33. The second kappa shape index (κ2) is 6.74. The van der Waals surface area contributed by atoms with Crippen LogP contribution in [-0.2, 0) is 17.6 Å². The lowest BCUT2D eigenvalue weighted by molar-refractivity contribution is -0.131. The molecule has 6 nitrogen and oxygen atoms in total. The number of carboxylic acids is 1. The highest BCUT2D eigenvalue weighted by atomic mass is 16.4. The molecule has 2 rings (SSSR count). The van der Waals surface area contributed by atoms with Gasteiger partial charge in [-0.1, -0.05) is 12.1 Å². The van der Waals surface area contributed by atoms with E-state index in [4.69, 9.17) is 5.11 Å². The predicted octanol–water partition coefficient (Wildman–Crippen LogP) is 2.39. The standard InChI is InChI=1S/C17H16O6/c18-13-6-2-10(9-15(13)20)1-5-12-11(4-8-16(21)22)3-7-14(19)17(12)23/h2-4,6-9,18-20,23H,1,5H2,(H,21,22)/b8-4+. The molecule has 5 N–H and O–H groups in total. The molecule has 0 radical (unpaired) electrons. The Hall–Kier alpha value is -3.15. The van der Waals surface area contributed by atoms with Gasteiger partial charge in [-0.3, -0.25) is 0 Å². The number of aliphatic carboxylic acids is 1. The van der Waals surface area contributed by atoms with Crippen LogP contribution >= 0.6 is 0 Å². The number of aromatic hydroxyl groups is 4. The van der Waals surface area contributed by atoms with Crippen molar-refractivity contribution in [1.29, 1.82) is 0 Å². The topological polar surface area (TPSA) is 118 Å². The fourth-order valence-corrected chi connectivity index (χ4v) is 2.21. The van der Waals surface area contributed by atoms with Gasteiger partial charge in [-0.15, -0.1) is 0 Å². The quantitative estimate of drug-likeness (QED) is 0.427. The van der Waals surface area contributed by atoms with Crippen molar-refractivity contribution in [2.24, 2.45) is 0 Å². The van der Waals surface area contributed by atoms with Gasteiger partial charge in [0, 0.05) is 11.6 Å². The van der Waals surface area contributed by atoms with E-state index in [0.29, 0.717) is 24.0 Å². The summed E-state index contributed by atoms with van der Waals surface area (Å²) in [5.74, 6) is -2.18. The van der Waals surface area contributed by atoms with E-state index in [2.05, 4.69) is 0 Å². The molecule has 0 spiro atoms. The summed E-state index contributed by atoms with van der Waals surface area (Å²) < 4.78 is 0. The fourth-order valence-electron chi connectivity index (χ4n) is 2.21. The lowest BCUT2D eigenvalue weighted by Crippen LogP contribution is -1.96. The summed E-state index contributed by atoms with van der Waals surface area (Å²) in [6.07, 6.45) is 3.01. The van der Waals surface area contributed by atoms with Crippen molar-refractivity contribution in [3.05, 3.63) is 53.1 Å².